The van der Waals surface area contributed by atoms with Gasteiger partial charge in [0.2, 0.25) is 5.91 Å². The molecule has 7 heteroatoms. The summed E-state index contributed by atoms with van der Waals surface area (Å²) in [6, 6.07) is 6.80. The minimum Gasteiger partial charge on any atom is -0.352 e. The fraction of sp³-hybridized carbons (Fsp3) is 0.526. The molecule has 0 saturated heterocycles. The van der Waals surface area contributed by atoms with Gasteiger partial charge in [-0.2, -0.15) is 0 Å². The van der Waals surface area contributed by atoms with Crippen LogP contribution in [0.15, 0.2) is 29.4 Å². The van der Waals surface area contributed by atoms with Gasteiger partial charge in [0, 0.05) is 12.6 Å². The molecule has 1 aliphatic carbocycles. The number of rotatable bonds is 6. The number of amides is 1. The number of aromatic nitrogens is 3. The number of carbonyl (C=O) groups excluding carboxylic acids is 1. The predicted molar refractivity (Wildman–Crippen MR) is 101 cm³/mol. The number of halogens is 1. The Kier molecular flexibility index (Phi) is 6.29. The fourth-order valence-electron chi connectivity index (χ4n) is 3.43. The van der Waals surface area contributed by atoms with Crippen molar-refractivity contribution in [2.45, 2.75) is 57.3 Å². The van der Waals surface area contributed by atoms with Crippen molar-refractivity contribution < 1.29 is 9.18 Å². The molecule has 1 N–H and O–H groups in total. The second-order valence-electron chi connectivity index (χ2n) is 6.75. The van der Waals surface area contributed by atoms with Crippen molar-refractivity contribution >= 4 is 17.7 Å². The Balaban J connectivity index is 1.65. The lowest BCUT2D eigenvalue weighted by Crippen LogP contribution is -2.41. The zero-order chi connectivity index (χ0) is 18.5. The van der Waals surface area contributed by atoms with Crippen LogP contribution >= 0.6 is 11.8 Å². The first-order chi connectivity index (χ1) is 12.6. The Morgan fingerprint density at radius 3 is 2.81 bits per heavy atom. The lowest BCUT2D eigenvalue weighted by atomic mass is 9.86. The van der Waals surface area contributed by atoms with Crippen LogP contribution in [-0.2, 0) is 11.3 Å². The molecule has 26 heavy (non-hydrogen) atoms. The first-order valence-corrected chi connectivity index (χ1v) is 10.2. The summed E-state index contributed by atoms with van der Waals surface area (Å²) in [5.41, 5.74) is 0.425. The van der Waals surface area contributed by atoms with Crippen LogP contribution in [0.3, 0.4) is 0 Å². The van der Waals surface area contributed by atoms with E-state index in [4.69, 9.17) is 0 Å². The van der Waals surface area contributed by atoms with E-state index in [1.165, 1.54) is 37.1 Å². The van der Waals surface area contributed by atoms with E-state index in [1.807, 2.05) is 11.5 Å². The topological polar surface area (TPSA) is 59.8 Å². The molecule has 2 aromatic rings. The SMILES string of the molecule is CCn1c(SCC(=O)N[C@@H]2CCCC[C@H]2C)nnc1-c1ccccc1F. The number of nitrogens with zero attached hydrogens (tertiary/aromatic N) is 3. The van der Waals surface area contributed by atoms with E-state index in [-0.39, 0.29) is 17.8 Å². The van der Waals surface area contributed by atoms with Gasteiger partial charge >= 0.3 is 0 Å². The highest BCUT2D eigenvalue weighted by molar-refractivity contribution is 7.99. The molecule has 0 bridgehead atoms. The monoisotopic (exact) mass is 376 g/mol. The van der Waals surface area contributed by atoms with Crippen LogP contribution in [0.5, 0.6) is 0 Å². The molecule has 1 saturated carbocycles. The number of thioether (sulfide) groups is 1. The Morgan fingerprint density at radius 2 is 2.08 bits per heavy atom. The van der Waals surface area contributed by atoms with E-state index in [0.717, 1.165) is 6.42 Å². The van der Waals surface area contributed by atoms with Gasteiger partial charge in [0.05, 0.1) is 11.3 Å². The van der Waals surface area contributed by atoms with E-state index >= 15 is 0 Å². The summed E-state index contributed by atoms with van der Waals surface area (Å²) in [5, 5.41) is 12.1. The molecule has 0 spiro atoms. The zero-order valence-corrected chi connectivity index (χ0v) is 16.1. The minimum absolute atomic E-state index is 0.0202. The van der Waals surface area contributed by atoms with Gasteiger partial charge < -0.3 is 9.88 Å². The van der Waals surface area contributed by atoms with E-state index in [0.29, 0.717) is 34.8 Å². The molecule has 1 aliphatic rings. The zero-order valence-electron chi connectivity index (χ0n) is 15.2. The second-order valence-corrected chi connectivity index (χ2v) is 7.70. The summed E-state index contributed by atoms with van der Waals surface area (Å²) in [7, 11) is 0. The summed E-state index contributed by atoms with van der Waals surface area (Å²) in [4.78, 5) is 12.3. The number of benzene rings is 1. The average Bonchev–Trinajstić information content (AvgIpc) is 3.05. The Morgan fingerprint density at radius 1 is 1.31 bits per heavy atom. The molecule has 5 nitrogen and oxygen atoms in total. The third-order valence-corrected chi connectivity index (χ3v) is 5.90. The summed E-state index contributed by atoms with van der Waals surface area (Å²) in [6.07, 6.45) is 4.66. The fourth-order valence-corrected chi connectivity index (χ4v) is 4.25. The largest absolute Gasteiger partial charge is 0.352 e. The molecule has 3 rings (SSSR count). The maximum Gasteiger partial charge on any atom is 0.230 e. The van der Waals surface area contributed by atoms with Gasteiger partial charge in [-0.3, -0.25) is 4.79 Å². The predicted octanol–water partition coefficient (Wildman–Crippen LogP) is 3.89. The molecule has 140 valence electrons. The highest BCUT2D eigenvalue weighted by Crippen LogP contribution is 2.26. The van der Waals surface area contributed by atoms with Crippen molar-refractivity contribution in [3.63, 3.8) is 0 Å². The maximum atomic E-state index is 14.1. The van der Waals surface area contributed by atoms with E-state index in [1.54, 1.807) is 18.2 Å². The van der Waals surface area contributed by atoms with Crippen molar-refractivity contribution in [1.29, 1.82) is 0 Å². The average molecular weight is 377 g/mol. The van der Waals surface area contributed by atoms with E-state index in [9.17, 15) is 9.18 Å². The molecule has 0 unspecified atom stereocenters. The molecule has 1 heterocycles. The van der Waals surface area contributed by atoms with Crippen LogP contribution in [0.25, 0.3) is 11.4 Å². The minimum atomic E-state index is -0.324. The van der Waals surface area contributed by atoms with Crippen molar-refractivity contribution in [3.8, 4) is 11.4 Å². The first-order valence-electron chi connectivity index (χ1n) is 9.20. The highest BCUT2D eigenvalue weighted by atomic mass is 32.2. The van der Waals surface area contributed by atoms with E-state index < -0.39 is 0 Å². The van der Waals surface area contributed by atoms with Gasteiger partial charge in [0.15, 0.2) is 11.0 Å². The molecule has 1 amide bonds. The van der Waals surface area contributed by atoms with Crippen LogP contribution < -0.4 is 5.32 Å². The molecule has 1 fully saturated rings. The number of hydrogen-bond acceptors (Lipinski definition) is 4. The Labute approximate surface area is 157 Å². The van der Waals surface area contributed by atoms with Crippen LogP contribution in [0.1, 0.15) is 39.5 Å². The second kappa shape index (κ2) is 8.66. The Bertz CT molecular complexity index is 764. The van der Waals surface area contributed by atoms with Crippen LogP contribution in [-0.4, -0.2) is 32.5 Å². The number of hydrogen-bond donors (Lipinski definition) is 1. The number of nitrogens with one attached hydrogen (secondary N) is 1. The molecule has 2 atom stereocenters. The van der Waals surface area contributed by atoms with Crippen LogP contribution in [0.2, 0.25) is 0 Å². The van der Waals surface area contributed by atoms with Gasteiger partial charge in [0.1, 0.15) is 5.82 Å². The van der Waals surface area contributed by atoms with Crippen molar-refractivity contribution in [3.05, 3.63) is 30.1 Å². The summed E-state index contributed by atoms with van der Waals surface area (Å²) in [6.45, 7) is 4.77. The third kappa shape index (κ3) is 4.26. The van der Waals surface area contributed by atoms with Gasteiger partial charge in [-0.1, -0.05) is 43.7 Å². The van der Waals surface area contributed by atoms with Crippen LogP contribution in [0, 0.1) is 11.7 Å². The van der Waals surface area contributed by atoms with Crippen molar-refractivity contribution in [2.24, 2.45) is 5.92 Å². The molecular formula is C19H25FN4OS. The smallest absolute Gasteiger partial charge is 0.230 e. The lowest BCUT2D eigenvalue weighted by molar-refractivity contribution is -0.119. The van der Waals surface area contributed by atoms with Gasteiger partial charge in [0.25, 0.3) is 0 Å². The first kappa shape index (κ1) is 18.9. The molecule has 1 aromatic heterocycles. The lowest BCUT2D eigenvalue weighted by Gasteiger charge is -2.29. The standard InChI is InChI=1S/C19H25FN4OS/c1-3-24-18(14-9-5-6-10-15(14)20)22-23-19(24)26-12-17(25)21-16-11-7-4-8-13(16)2/h5-6,9-10,13,16H,3-4,7-8,11-12H2,1-2H3,(H,21,25)/t13-,16-/m1/s1. The maximum absolute atomic E-state index is 14.1. The highest BCUT2D eigenvalue weighted by Gasteiger charge is 2.23. The van der Waals surface area contributed by atoms with Crippen LogP contribution in [0.4, 0.5) is 4.39 Å². The van der Waals surface area contributed by atoms with E-state index in [2.05, 4.69) is 22.4 Å². The molecule has 0 aliphatic heterocycles. The third-order valence-electron chi connectivity index (χ3n) is 4.94. The molecular weight excluding hydrogens is 351 g/mol. The van der Waals surface area contributed by atoms with Gasteiger partial charge in [-0.15, -0.1) is 10.2 Å². The molecule has 1 aromatic carbocycles. The summed E-state index contributed by atoms with van der Waals surface area (Å²) in [5.74, 6) is 1.01. The number of carbonyl (C=O) groups is 1. The van der Waals surface area contributed by atoms with Crippen molar-refractivity contribution in [1.82, 2.24) is 20.1 Å². The van der Waals surface area contributed by atoms with Gasteiger partial charge in [-0.25, -0.2) is 4.39 Å². The Hall–Kier alpha value is -1.89. The van der Waals surface area contributed by atoms with Crippen molar-refractivity contribution in [2.75, 3.05) is 5.75 Å². The normalized spacial score (nSPS) is 20.1. The summed E-state index contributed by atoms with van der Waals surface area (Å²) < 4.78 is 15.9. The molecule has 0 radical (unpaired) electrons. The summed E-state index contributed by atoms with van der Waals surface area (Å²) >= 11 is 1.35. The quantitative estimate of drug-likeness (QED) is 0.777. The van der Waals surface area contributed by atoms with Gasteiger partial charge in [-0.05, 0) is 37.8 Å².